The summed E-state index contributed by atoms with van der Waals surface area (Å²) in [6.07, 6.45) is 5.53. The fraction of sp³-hybridized carbons (Fsp3) is 0.396. The van der Waals surface area contributed by atoms with Crippen LogP contribution < -0.4 is 9.80 Å². The predicted molar refractivity (Wildman–Crippen MR) is 307 cm³/mol. The molecule has 6 N–H and O–H groups in total. The van der Waals surface area contributed by atoms with Crippen LogP contribution in [0.4, 0.5) is 21.5 Å². The van der Waals surface area contributed by atoms with Gasteiger partial charge in [0.05, 0.1) is 43.6 Å². The summed E-state index contributed by atoms with van der Waals surface area (Å²) in [5, 5.41) is 10.5. The van der Waals surface area contributed by atoms with Crippen molar-refractivity contribution in [2.24, 2.45) is 5.92 Å². The number of nitrogens with zero attached hydrogens (tertiary/aromatic N) is 3. The summed E-state index contributed by atoms with van der Waals surface area (Å²) in [6, 6.07) is 15.2. The molecule has 0 aromatic heterocycles. The Labute approximate surface area is 481 Å². The van der Waals surface area contributed by atoms with Gasteiger partial charge in [0.15, 0.2) is 5.71 Å². The zero-order chi connectivity index (χ0) is 61.6. The molecule has 0 amide bonds. The summed E-state index contributed by atoms with van der Waals surface area (Å²) in [6.45, 7) is 6.83. The zero-order valence-corrected chi connectivity index (χ0v) is 50.1. The molecular formula is C53H62FN3O20S6. The molecule has 0 bridgehead atoms. The van der Waals surface area contributed by atoms with Gasteiger partial charge in [0.25, 0.3) is 50.6 Å². The molecule has 83 heavy (non-hydrogen) atoms. The Kier molecular flexibility index (Phi) is 18.7. The summed E-state index contributed by atoms with van der Waals surface area (Å²) in [5.41, 5.74) is 1.57. The average molecular weight is 1270 g/mol. The molecule has 0 spiro atoms. The second-order valence-electron chi connectivity index (χ2n) is 21.5. The highest BCUT2D eigenvalue weighted by atomic mass is 32.2. The average Bonchev–Trinajstić information content (AvgIpc) is 4.00. The fourth-order valence-corrected chi connectivity index (χ4v) is 14.6. The summed E-state index contributed by atoms with van der Waals surface area (Å²) in [4.78, 5) is 14.9. The van der Waals surface area contributed by atoms with Gasteiger partial charge in [0.1, 0.15) is 17.3 Å². The first-order valence-corrected chi connectivity index (χ1v) is 34.9. The van der Waals surface area contributed by atoms with Gasteiger partial charge in [-0.1, -0.05) is 44.2 Å². The SMILES string of the molecule is CC1(C)C(=CC=C2CC(C(=O)O)CC(C=CC3=[N+](CCCS(=O)(=O)O)c4ccc5c(S(=O)(=O)O)cc(S(=O)(=O)O)cc5c4C3(C)C)=C2c2ccccc2F)N(CCCS(=O)(=O)[O-])c2ccc(N(CCCS(=O)(=O)O)CCCS(=O)(=O)O)cc21. The number of hydrogen-bond donors (Lipinski definition) is 6. The fourth-order valence-electron chi connectivity index (χ4n) is 11.3. The first-order valence-electron chi connectivity index (χ1n) is 25.7. The largest absolute Gasteiger partial charge is 0.748 e. The lowest BCUT2D eigenvalue weighted by Gasteiger charge is -2.29. The van der Waals surface area contributed by atoms with Crippen molar-refractivity contribution >= 4 is 106 Å². The van der Waals surface area contributed by atoms with Gasteiger partial charge in [-0.15, -0.1) is 0 Å². The van der Waals surface area contributed by atoms with Crippen molar-refractivity contribution in [1.82, 2.24) is 0 Å². The second-order valence-corrected chi connectivity index (χ2v) is 30.5. The number of carbonyl (C=O) groups is 1. The van der Waals surface area contributed by atoms with Crippen molar-refractivity contribution in [3.63, 3.8) is 0 Å². The number of rotatable bonds is 24. The van der Waals surface area contributed by atoms with Crippen LogP contribution in [0.2, 0.25) is 0 Å². The molecule has 1 atom stereocenters. The lowest BCUT2D eigenvalue weighted by atomic mass is 9.76. The van der Waals surface area contributed by atoms with Crippen LogP contribution in [0.15, 0.2) is 118 Å². The first kappa shape index (κ1) is 64.8. The van der Waals surface area contributed by atoms with Crippen LogP contribution in [0, 0.1) is 11.7 Å². The van der Waals surface area contributed by atoms with E-state index >= 15 is 4.39 Å². The maximum Gasteiger partial charge on any atom is 0.307 e. The maximum absolute atomic E-state index is 16.4. The van der Waals surface area contributed by atoms with Crippen molar-refractivity contribution in [2.45, 2.75) is 86.8 Å². The number of allylic oxidation sites excluding steroid dienone is 8. The number of hydrogen-bond acceptors (Lipinski definition) is 16. The van der Waals surface area contributed by atoms with Crippen LogP contribution in [0.5, 0.6) is 0 Å². The van der Waals surface area contributed by atoms with Gasteiger partial charge < -0.3 is 19.5 Å². The van der Waals surface area contributed by atoms with Gasteiger partial charge in [0, 0.05) is 83.0 Å². The van der Waals surface area contributed by atoms with E-state index < -0.39 is 122 Å². The summed E-state index contributed by atoms with van der Waals surface area (Å²) in [7, 11) is -28.3. The van der Waals surface area contributed by atoms with Gasteiger partial charge in [-0.3, -0.25) is 27.6 Å². The van der Waals surface area contributed by atoms with Gasteiger partial charge in [-0.25, -0.2) is 12.8 Å². The molecule has 23 nitrogen and oxygen atoms in total. The standard InChI is InChI=1S/C53H62FN3O20S6/c1-52(2)42-31-37(55(21-7-25-78(60,61)62)22-8-26-79(63,64)65)15-17-44(42)56(23-9-27-80(66,67)68)47(52)19-13-34-29-36(51(58)59)30-35(49(34)40-11-5-6-12-43(40)54)14-20-48-53(3,4)50-41-32-38(82(72,73)74)33-46(83(75,76)77)39(41)16-18-45(50)57(48)24-10-28-81(69,70)71/h5-6,11-20,31-33,36H,7-10,21-30H2,1-4H3,(H6-,58,59,60,61,62,63,64,65,66,67,68,69,70,71,72,73,74,75,76,77). The molecule has 7 rings (SSSR count). The van der Waals surface area contributed by atoms with Crippen molar-refractivity contribution in [1.29, 1.82) is 0 Å². The van der Waals surface area contributed by atoms with Gasteiger partial charge in [-0.05, 0) is 122 Å². The van der Waals surface area contributed by atoms with E-state index in [2.05, 4.69) is 0 Å². The van der Waals surface area contributed by atoms with Crippen LogP contribution in [0.3, 0.4) is 0 Å². The highest BCUT2D eigenvalue weighted by molar-refractivity contribution is 7.87. The molecule has 0 radical (unpaired) electrons. The number of carboxylic acids is 1. The molecule has 0 saturated carbocycles. The molecule has 0 fully saturated rings. The van der Waals surface area contributed by atoms with E-state index in [-0.39, 0.29) is 97.7 Å². The molecule has 1 unspecified atom stereocenters. The Balaban J connectivity index is 1.43. The summed E-state index contributed by atoms with van der Waals surface area (Å²) < 4.78 is 224. The van der Waals surface area contributed by atoms with E-state index in [0.29, 0.717) is 45.7 Å². The highest BCUT2D eigenvalue weighted by Crippen LogP contribution is 2.51. The topological polar surface area (TPSA) is 376 Å². The van der Waals surface area contributed by atoms with E-state index in [4.69, 9.17) is 0 Å². The maximum atomic E-state index is 16.4. The van der Waals surface area contributed by atoms with Crippen molar-refractivity contribution in [3.05, 3.63) is 130 Å². The normalized spacial score (nSPS) is 18.7. The molecule has 4 aromatic rings. The third kappa shape index (κ3) is 15.4. The number of carboxylic acid groups (broad SMARTS) is 1. The minimum atomic E-state index is -5.15. The van der Waals surface area contributed by atoms with Crippen LogP contribution in [-0.4, -0.2) is 148 Å². The second kappa shape index (κ2) is 23.9. The Morgan fingerprint density at radius 2 is 1.33 bits per heavy atom. The van der Waals surface area contributed by atoms with Crippen LogP contribution in [0.1, 0.15) is 82.9 Å². The summed E-state index contributed by atoms with van der Waals surface area (Å²) >= 11 is 0. The Bertz CT molecular complexity index is 4130. The minimum absolute atomic E-state index is 0.0134. The highest BCUT2D eigenvalue weighted by Gasteiger charge is 2.47. The molecule has 2 heterocycles. The minimum Gasteiger partial charge on any atom is -0.748 e. The molecule has 1 aliphatic carbocycles. The number of benzene rings is 4. The van der Waals surface area contributed by atoms with Crippen molar-refractivity contribution < 1.29 is 96.7 Å². The molecule has 0 saturated heterocycles. The van der Waals surface area contributed by atoms with E-state index in [9.17, 15) is 87.7 Å². The summed E-state index contributed by atoms with van der Waals surface area (Å²) in [5.74, 6) is -5.79. The molecule has 3 aliphatic rings. The molecule has 2 aliphatic heterocycles. The Hall–Kier alpha value is -5.77. The number of anilines is 2. The molecule has 30 heteroatoms. The van der Waals surface area contributed by atoms with Gasteiger partial charge >= 0.3 is 5.97 Å². The number of aliphatic carboxylic acids is 1. The van der Waals surface area contributed by atoms with Crippen molar-refractivity contribution in [2.75, 3.05) is 59.0 Å². The first-order chi connectivity index (χ1) is 38.2. The zero-order valence-electron chi connectivity index (χ0n) is 45.2. The van der Waals surface area contributed by atoms with Crippen LogP contribution in [-0.2, 0) is 76.3 Å². The van der Waals surface area contributed by atoms with Crippen LogP contribution >= 0.6 is 0 Å². The third-order valence-electron chi connectivity index (χ3n) is 14.9. The van der Waals surface area contributed by atoms with Gasteiger partial charge in [0.2, 0.25) is 5.69 Å². The van der Waals surface area contributed by atoms with Gasteiger partial charge in [-0.2, -0.15) is 46.7 Å². The number of halogens is 1. The van der Waals surface area contributed by atoms with Crippen LogP contribution in [0.25, 0.3) is 16.3 Å². The lowest BCUT2D eigenvalue weighted by molar-refractivity contribution is -0.437. The van der Waals surface area contributed by atoms with E-state index in [0.717, 1.165) is 6.07 Å². The molecule has 452 valence electrons. The van der Waals surface area contributed by atoms with Crippen molar-refractivity contribution in [3.8, 4) is 0 Å². The lowest BCUT2D eigenvalue weighted by Crippen LogP contribution is -2.29. The van der Waals surface area contributed by atoms with E-state index in [1.807, 2.05) is 13.8 Å². The number of fused-ring (bicyclic) bond motifs is 4. The predicted octanol–water partition coefficient (Wildman–Crippen LogP) is 6.54. The van der Waals surface area contributed by atoms with E-state index in [1.165, 1.54) is 30.3 Å². The molecular weight excluding hydrogens is 1210 g/mol. The molecule has 4 aromatic carbocycles. The monoisotopic (exact) mass is 1270 g/mol. The smallest absolute Gasteiger partial charge is 0.307 e. The quantitative estimate of drug-likeness (QED) is 0.0320. The Morgan fingerprint density at radius 1 is 0.711 bits per heavy atom. The third-order valence-corrected chi connectivity index (χ3v) is 19.8. The van der Waals surface area contributed by atoms with E-state index in [1.54, 1.807) is 76.8 Å². The Morgan fingerprint density at radius 3 is 1.89 bits per heavy atom.